The van der Waals surface area contributed by atoms with E-state index in [1.165, 1.54) is 19.2 Å². The van der Waals surface area contributed by atoms with E-state index in [0.717, 1.165) is 6.42 Å². The van der Waals surface area contributed by atoms with Gasteiger partial charge >= 0.3 is 0 Å². The van der Waals surface area contributed by atoms with Crippen molar-refractivity contribution in [2.45, 2.75) is 30.7 Å². The number of hydrogen-bond acceptors (Lipinski definition) is 4. The summed E-state index contributed by atoms with van der Waals surface area (Å²) in [4.78, 5) is -0.00801. The summed E-state index contributed by atoms with van der Waals surface area (Å²) in [5.41, 5.74) is 5.95. The third kappa shape index (κ3) is 3.88. The molecule has 0 aliphatic heterocycles. The Kier molecular flexibility index (Phi) is 5.21. The summed E-state index contributed by atoms with van der Waals surface area (Å²) >= 11 is 0. The number of nitrogens with one attached hydrogen (secondary N) is 1. The van der Waals surface area contributed by atoms with Gasteiger partial charge in [-0.2, -0.15) is 4.72 Å². The quantitative estimate of drug-likeness (QED) is 0.609. The zero-order valence-corrected chi connectivity index (χ0v) is 11.8. The number of nitrogen functional groups attached to an aromatic ring is 1. The van der Waals surface area contributed by atoms with E-state index in [1.807, 2.05) is 6.92 Å². The van der Waals surface area contributed by atoms with Crippen molar-refractivity contribution in [1.82, 2.24) is 4.72 Å². The monoisotopic (exact) mass is 282 g/mol. The number of hydrogen-bond donors (Lipinski definition) is 2. The standard InChI is InChI=1S/C13H18N2O3S/c1-4-6-11(5-2)15-19(16,17)13-9-10(14)7-8-12(13)18-3/h2,7-9,11,15H,4,6,14H2,1,3H3. The van der Waals surface area contributed by atoms with Gasteiger partial charge in [-0.3, -0.25) is 0 Å². The van der Waals surface area contributed by atoms with Gasteiger partial charge in [-0.15, -0.1) is 6.42 Å². The highest BCUT2D eigenvalue weighted by molar-refractivity contribution is 7.89. The Morgan fingerprint density at radius 2 is 2.21 bits per heavy atom. The van der Waals surface area contributed by atoms with Gasteiger partial charge in [-0.25, -0.2) is 8.42 Å². The molecule has 0 bridgehead atoms. The van der Waals surface area contributed by atoms with Crippen LogP contribution >= 0.6 is 0 Å². The molecule has 1 rings (SSSR count). The van der Waals surface area contributed by atoms with Crippen LogP contribution in [0.3, 0.4) is 0 Å². The van der Waals surface area contributed by atoms with E-state index in [4.69, 9.17) is 16.9 Å². The third-order valence-corrected chi connectivity index (χ3v) is 4.05. The Morgan fingerprint density at radius 1 is 1.53 bits per heavy atom. The normalized spacial score (nSPS) is 12.7. The van der Waals surface area contributed by atoms with Gasteiger partial charge in [-0.05, 0) is 24.6 Å². The van der Waals surface area contributed by atoms with Gasteiger partial charge in [0.15, 0.2) is 0 Å². The fourth-order valence-electron chi connectivity index (χ4n) is 1.62. The fourth-order valence-corrected chi connectivity index (χ4v) is 3.01. The van der Waals surface area contributed by atoms with E-state index in [1.54, 1.807) is 6.07 Å². The molecule has 0 heterocycles. The molecule has 0 radical (unpaired) electrons. The number of anilines is 1. The predicted octanol–water partition coefficient (Wildman–Crippen LogP) is 1.36. The van der Waals surface area contributed by atoms with E-state index in [-0.39, 0.29) is 10.6 Å². The van der Waals surface area contributed by atoms with Crippen molar-refractivity contribution in [2.75, 3.05) is 12.8 Å². The van der Waals surface area contributed by atoms with Crippen LogP contribution in [0.5, 0.6) is 5.75 Å². The second-order valence-corrected chi connectivity index (χ2v) is 5.72. The van der Waals surface area contributed by atoms with Gasteiger partial charge in [0.05, 0.1) is 13.2 Å². The summed E-state index contributed by atoms with van der Waals surface area (Å²) in [6.07, 6.45) is 6.66. The maximum atomic E-state index is 12.3. The van der Waals surface area contributed by atoms with Crippen LogP contribution in [0.1, 0.15) is 19.8 Å². The first-order chi connectivity index (χ1) is 8.94. The zero-order valence-electron chi connectivity index (χ0n) is 11.0. The summed E-state index contributed by atoms with van der Waals surface area (Å²) in [5, 5.41) is 0. The molecule has 1 unspecified atom stereocenters. The molecule has 5 nitrogen and oxygen atoms in total. The van der Waals surface area contributed by atoms with E-state index in [2.05, 4.69) is 10.6 Å². The lowest BCUT2D eigenvalue weighted by molar-refractivity contribution is 0.402. The lowest BCUT2D eigenvalue weighted by atomic mass is 10.2. The molecule has 1 atom stereocenters. The number of rotatable bonds is 6. The average molecular weight is 282 g/mol. The van der Waals surface area contributed by atoms with Crippen LogP contribution in [-0.4, -0.2) is 21.6 Å². The zero-order chi connectivity index (χ0) is 14.5. The van der Waals surface area contributed by atoms with Crippen molar-refractivity contribution in [2.24, 2.45) is 0 Å². The number of nitrogens with two attached hydrogens (primary N) is 1. The number of terminal acetylenes is 1. The van der Waals surface area contributed by atoms with Gasteiger partial charge in [-0.1, -0.05) is 19.3 Å². The van der Waals surface area contributed by atoms with E-state index in [9.17, 15) is 8.42 Å². The third-order valence-electron chi connectivity index (χ3n) is 2.55. The summed E-state index contributed by atoms with van der Waals surface area (Å²) in [6, 6.07) is 3.89. The maximum absolute atomic E-state index is 12.3. The van der Waals surface area contributed by atoms with Gasteiger partial charge in [0.2, 0.25) is 10.0 Å². The predicted molar refractivity (Wildman–Crippen MR) is 75.3 cm³/mol. The first-order valence-corrected chi connectivity index (χ1v) is 7.35. The minimum Gasteiger partial charge on any atom is -0.495 e. The smallest absolute Gasteiger partial charge is 0.245 e. The molecule has 0 aliphatic carbocycles. The van der Waals surface area contributed by atoms with Crippen molar-refractivity contribution in [3.63, 3.8) is 0 Å². The molecule has 19 heavy (non-hydrogen) atoms. The Bertz CT molecular complexity index is 576. The van der Waals surface area contributed by atoms with Gasteiger partial charge in [0, 0.05) is 5.69 Å². The molecule has 6 heteroatoms. The van der Waals surface area contributed by atoms with E-state index >= 15 is 0 Å². The highest BCUT2D eigenvalue weighted by Crippen LogP contribution is 2.26. The van der Waals surface area contributed by atoms with Crippen molar-refractivity contribution in [1.29, 1.82) is 0 Å². The van der Waals surface area contributed by atoms with Crippen LogP contribution in [0.2, 0.25) is 0 Å². The largest absolute Gasteiger partial charge is 0.495 e. The molecule has 0 amide bonds. The van der Waals surface area contributed by atoms with E-state index < -0.39 is 16.1 Å². The highest BCUT2D eigenvalue weighted by Gasteiger charge is 2.22. The van der Waals surface area contributed by atoms with Crippen molar-refractivity contribution < 1.29 is 13.2 Å². The molecule has 3 N–H and O–H groups in total. The molecule has 0 saturated carbocycles. The van der Waals surface area contributed by atoms with Crippen LogP contribution in [-0.2, 0) is 10.0 Å². The first kappa shape index (κ1) is 15.3. The molecule has 1 aromatic carbocycles. The van der Waals surface area contributed by atoms with Gasteiger partial charge in [0.25, 0.3) is 0 Å². The fraction of sp³-hybridized carbons (Fsp3) is 0.385. The van der Waals surface area contributed by atoms with E-state index in [0.29, 0.717) is 12.1 Å². The Morgan fingerprint density at radius 3 is 2.74 bits per heavy atom. The molecule has 0 saturated heterocycles. The van der Waals surface area contributed by atoms with Crippen LogP contribution in [0, 0.1) is 12.3 Å². The lowest BCUT2D eigenvalue weighted by Gasteiger charge is -2.15. The Labute approximate surface area is 114 Å². The molecular formula is C13H18N2O3S. The van der Waals surface area contributed by atoms with Crippen LogP contribution in [0.15, 0.2) is 23.1 Å². The molecule has 104 valence electrons. The van der Waals surface area contributed by atoms with Crippen molar-refractivity contribution >= 4 is 15.7 Å². The minimum absolute atomic E-state index is 0.00801. The molecule has 0 spiro atoms. The molecule has 0 fully saturated rings. The highest BCUT2D eigenvalue weighted by atomic mass is 32.2. The molecule has 0 aromatic heterocycles. The second kappa shape index (κ2) is 6.45. The number of benzene rings is 1. The molecule has 0 aliphatic rings. The minimum atomic E-state index is -3.76. The van der Waals surface area contributed by atoms with Crippen LogP contribution in [0.25, 0.3) is 0 Å². The first-order valence-electron chi connectivity index (χ1n) is 5.86. The Hall–Kier alpha value is -1.71. The SMILES string of the molecule is C#CC(CCC)NS(=O)(=O)c1cc(N)ccc1OC. The summed E-state index contributed by atoms with van der Waals surface area (Å²) in [5.74, 6) is 2.65. The molecular weight excluding hydrogens is 264 g/mol. The number of methoxy groups -OCH3 is 1. The van der Waals surface area contributed by atoms with Crippen LogP contribution < -0.4 is 15.2 Å². The average Bonchev–Trinajstić information content (AvgIpc) is 2.38. The summed E-state index contributed by atoms with van der Waals surface area (Å²) in [6.45, 7) is 1.93. The summed E-state index contributed by atoms with van der Waals surface area (Å²) < 4.78 is 32.0. The summed E-state index contributed by atoms with van der Waals surface area (Å²) in [7, 11) is -2.36. The second-order valence-electron chi connectivity index (χ2n) is 4.04. The lowest BCUT2D eigenvalue weighted by Crippen LogP contribution is -2.33. The number of ether oxygens (including phenoxy) is 1. The van der Waals surface area contributed by atoms with Gasteiger partial charge < -0.3 is 10.5 Å². The molecule has 1 aromatic rings. The van der Waals surface area contributed by atoms with Gasteiger partial charge in [0.1, 0.15) is 10.6 Å². The maximum Gasteiger partial charge on any atom is 0.245 e. The van der Waals surface area contributed by atoms with Crippen molar-refractivity contribution in [3.05, 3.63) is 18.2 Å². The number of sulfonamides is 1. The van der Waals surface area contributed by atoms with Crippen LogP contribution in [0.4, 0.5) is 5.69 Å². The topological polar surface area (TPSA) is 81.4 Å². The Balaban J connectivity index is 3.13. The van der Waals surface area contributed by atoms with Crippen molar-refractivity contribution in [3.8, 4) is 18.1 Å².